The number of carboxylic acid groups (broad SMARTS) is 1. The molecule has 1 unspecified atom stereocenters. The van der Waals surface area contributed by atoms with E-state index in [1.54, 1.807) is 37.3 Å². The molecule has 1 aromatic heterocycles. The Hall–Kier alpha value is -4.74. The number of para-hydroxylation sites is 2. The first-order valence-electron chi connectivity index (χ1n) is 11.8. The first-order valence-corrected chi connectivity index (χ1v) is 11.8. The van der Waals surface area contributed by atoms with Crippen LogP contribution in [0.3, 0.4) is 0 Å². The van der Waals surface area contributed by atoms with Gasteiger partial charge in [-0.3, -0.25) is 4.79 Å². The van der Waals surface area contributed by atoms with E-state index in [1.807, 2.05) is 23.1 Å². The molecule has 1 atom stereocenters. The van der Waals surface area contributed by atoms with Crippen LogP contribution in [0.15, 0.2) is 49.1 Å². The normalized spacial score (nSPS) is 16.2. The number of benzene rings is 2. The van der Waals surface area contributed by atoms with Crippen LogP contribution < -0.4 is 29.6 Å². The minimum absolute atomic E-state index is 0.0834. The van der Waals surface area contributed by atoms with Crippen LogP contribution in [0.25, 0.3) is 10.9 Å². The molecule has 2 aliphatic rings. The predicted molar refractivity (Wildman–Crippen MR) is 140 cm³/mol. The van der Waals surface area contributed by atoms with Gasteiger partial charge in [0.25, 0.3) is 5.91 Å². The summed E-state index contributed by atoms with van der Waals surface area (Å²) in [5, 5.41) is 8.30. The molecule has 12 nitrogen and oxygen atoms in total. The average Bonchev–Trinajstić information content (AvgIpc) is 2.96. The van der Waals surface area contributed by atoms with Crippen molar-refractivity contribution in [2.75, 3.05) is 57.6 Å². The maximum atomic E-state index is 13.0. The van der Waals surface area contributed by atoms with Gasteiger partial charge in [-0.15, -0.1) is 0 Å². The van der Waals surface area contributed by atoms with Gasteiger partial charge in [0, 0.05) is 43.7 Å². The van der Waals surface area contributed by atoms with E-state index in [0.29, 0.717) is 71.8 Å². The number of rotatable bonds is 5. The molecule has 1 amide bonds. The highest BCUT2D eigenvalue weighted by molar-refractivity contribution is 5.91. The molecule has 38 heavy (non-hydrogen) atoms. The van der Waals surface area contributed by atoms with E-state index in [4.69, 9.17) is 29.8 Å². The number of methoxy groups -OCH3 is 2. The summed E-state index contributed by atoms with van der Waals surface area (Å²) in [5.74, 6) is 2.20. The maximum absolute atomic E-state index is 13.0. The zero-order chi connectivity index (χ0) is 27.2. The Balaban J connectivity index is 0.000000617. The molecule has 1 fully saturated rings. The summed E-state index contributed by atoms with van der Waals surface area (Å²) >= 11 is 0. The van der Waals surface area contributed by atoms with Crippen molar-refractivity contribution in [3.8, 4) is 23.0 Å². The van der Waals surface area contributed by atoms with Gasteiger partial charge in [-0.2, -0.15) is 4.98 Å². The number of piperazine rings is 1. The van der Waals surface area contributed by atoms with E-state index in [-0.39, 0.29) is 12.5 Å². The number of aromatic nitrogens is 2. The van der Waals surface area contributed by atoms with E-state index in [9.17, 15) is 9.59 Å². The molecule has 0 aliphatic carbocycles. The molecule has 0 saturated carbocycles. The van der Waals surface area contributed by atoms with E-state index >= 15 is 0 Å². The first-order chi connectivity index (χ1) is 18.3. The van der Waals surface area contributed by atoms with Crippen LogP contribution in [0.1, 0.15) is 0 Å². The average molecular weight is 524 g/mol. The Labute approximate surface area is 219 Å². The van der Waals surface area contributed by atoms with Crippen molar-refractivity contribution in [3.05, 3.63) is 49.1 Å². The summed E-state index contributed by atoms with van der Waals surface area (Å²) < 4.78 is 22.3. The largest absolute Gasteiger partial charge is 0.493 e. The minimum atomic E-state index is -0.981. The molecule has 2 aliphatic heterocycles. The zero-order valence-electron chi connectivity index (χ0n) is 21.1. The lowest BCUT2D eigenvalue weighted by Crippen LogP contribution is -2.54. The van der Waals surface area contributed by atoms with Crippen LogP contribution in [0.4, 0.5) is 11.8 Å². The summed E-state index contributed by atoms with van der Waals surface area (Å²) in [6.07, 6.45) is 0.182. The summed E-state index contributed by atoms with van der Waals surface area (Å²) in [7, 11) is 3.14. The van der Waals surface area contributed by atoms with Crippen molar-refractivity contribution in [2.45, 2.75) is 6.10 Å². The second kappa shape index (κ2) is 11.5. The lowest BCUT2D eigenvalue weighted by atomic mass is 10.2. The van der Waals surface area contributed by atoms with Crippen molar-refractivity contribution in [2.24, 2.45) is 0 Å². The summed E-state index contributed by atoms with van der Waals surface area (Å²) in [4.78, 5) is 35.2. The lowest BCUT2D eigenvalue weighted by molar-refractivity contribution is -0.141. The van der Waals surface area contributed by atoms with Gasteiger partial charge in [0.15, 0.2) is 23.0 Å². The van der Waals surface area contributed by atoms with E-state index in [0.717, 1.165) is 6.08 Å². The fraction of sp³-hybridized carbons (Fsp3) is 0.308. The number of nitrogens with zero attached hydrogens (tertiary/aromatic N) is 4. The molecular formula is C26H29N5O7. The third-order valence-electron chi connectivity index (χ3n) is 6.05. The SMILES string of the molecule is C=CC(=O)O.COc1cc2nc(N3CCN(C(=O)C4COc5ccccc5O4)CC3)nc(N)c2cc1OC. The standard InChI is InChI=1S/C23H25N5O5.C3H4O2/c1-30-18-11-14-15(12-19(18)31-2)25-23(26-21(14)24)28-9-7-27(8-10-28)22(29)20-13-32-16-5-3-4-6-17(16)33-20;1-2-3(4)5/h3-6,11-12,20H,7-10,13H2,1-2H3,(H2,24,25,26);2H,1H2,(H,4,5). The second-order valence-electron chi connectivity index (χ2n) is 8.35. The Bertz CT molecular complexity index is 1340. The molecule has 3 N–H and O–H groups in total. The van der Waals surface area contributed by atoms with E-state index < -0.39 is 12.1 Å². The van der Waals surface area contributed by atoms with Gasteiger partial charge in [0.05, 0.1) is 19.7 Å². The topological polar surface area (TPSA) is 150 Å². The Morgan fingerprint density at radius 2 is 1.71 bits per heavy atom. The van der Waals surface area contributed by atoms with Gasteiger partial charge in [0.1, 0.15) is 12.4 Å². The van der Waals surface area contributed by atoms with Crippen LogP contribution in [0, 0.1) is 0 Å². The number of ether oxygens (including phenoxy) is 4. The number of hydrogen-bond donors (Lipinski definition) is 2. The summed E-state index contributed by atoms with van der Waals surface area (Å²) in [6.45, 7) is 5.36. The molecule has 0 radical (unpaired) electrons. The van der Waals surface area contributed by atoms with Crippen molar-refractivity contribution in [1.29, 1.82) is 0 Å². The van der Waals surface area contributed by atoms with Gasteiger partial charge in [-0.1, -0.05) is 18.7 Å². The number of nitrogen functional groups attached to an aromatic ring is 1. The van der Waals surface area contributed by atoms with Gasteiger partial charge in [-0.25, -0.2) is 9.78 Å². The van der Waals surface area contributed by atoms with Crippen molar-refractivity contribution < 1.29 is 33.6 Å². The van der Waals surface area contributed by atoms with Crippen LogP contribution in [0.5, 0.6) is 23.0 Å². The second-order valence-corrected chi connectivity index (χ2v) is 8.35. The highest BCUT2D eigenvalue weighted by Gasteiger charge is 2.33. The number of anilines is 2. The fourth-order valence-corrected chi connectivity index (χ4v) is 4.08. The number of fused-ring (bicyclic) bond motifs is 2. The molecule has 0 spiro atoms. The van der Waals surface area contributed by atoms with Crippen LogP contribution in [-0.4, -0.2) is 85.0 Å². The van der Waals surface area contributed by atoms with E-state index in [2.05, 4.69) is 16.5 Å². The monoisotopic (exact) mass is 523 g/mol. The van der Waals surface area contributed by atoms with Crippen molar-refractivity contribution in [1.82, 2.24) is 14.9 Å². The zero-order valence-corrected chi connectivity index (χ0v) is 21.1. The molecule has 0 bridgehead atoms. The molecule has 2 aromatic carbocycles. The van der Waals surface area contributed by atoms with Crippen LogP contribution in [0.2, 0.25) is 0 Å². The molecule has 3 aromatic rings. The number of hydrogen-bond acceptors (Lipinski definition) is 10. The summed E-state index contributed by atoms with van der Waals surface area (Å²) in [5.41, 5.74) is 6.89. The molecule has 12 heteroatoms. The van der Waals surface area contributed by atoms with Crippen molar-refractivity contribution >= 4 is 34.5 Å². The number of nitrogens with two attached hydrogens (primary N) is 1. The molecule has 1 saturated heterocycles. The van der Waals surface area contributed by atoms with Crippen LogP contribution in [-0.2, 0) is 9.59 Å². The Morgan fingerprint density at radius 3 is 2.34 bits per heavy atom. The van der Waals surface area contributed by atoms with E-state index in [1.165, 1.54) is 0 Å². The number of aliphatic carboxylic acids is 1. The lowest BCUT2D eigenvalue weighted by Gasteiger charge is -2.37. The van der Waals surface area contributed by atoms with Crippen LogP contribution >= 0.6 is 0 Å². The molecule has 200 valence electrons. The van der Waals surface area contributed by atoms with Gasteiger partial charge < -0.3 is 39.6 Å². The predicted octanol–water partition coefficient (Wildman–Crippen LogP) is 1.97. The number of carbonyl (C=O) groups is 2. The minimum Gasteiger partial charge on any atom is -0.493 e. The Kier molecular flexibility index (Phi) is 8.00. The fourth-order valence-electron chi connectivity index (χ4n) is 4.08. The maximum Gasteiger partial charge on any atom is 0.327 e. The van der Waals surface area contributed by atoms with Gasteiger partial charge >= 0.3 is 5.97 Å². The number of carbonyl (C=O) groups excluding carboxylic acids is 1. The molecule has 3 heterocycles. The van der Waals surface area contributed by atoms with Gasteiger partial charge in [-0.05, 0) is 18.2 Å². The smallest absolute Gasteiger partial charge is 0.327 e. The third kappa shape index (κ3) is 5.64. The molecular weight excluding hydrogens is 494 g/mol. The number of amides is 1. The number of carboxylic acids is 1. The first kappa shape index (κ1) is 26.3. The third-order valence-corrected chi connectivity index (χ3v) is 6.05. The molecule has 5 rings (SSSR count). The summed E-state index contributed by atoms with van der Waals surface area (Å²) in [6, 6.07) is 10.9. The highest BCUT2D eigenvalue weighted by atomic mass is 16.6. The van der Waals surface area contributed by atoms with Gasteiger partial charge in [0.2, 0.25) is 12.1 Å². The van der Waals surface area contributed by atoms with Crippen molar-refractivity contribution in [3.63, 3.8) is 0 Å². The Morgan fingerprint density at radius 1 is 1.08 bits per heavy atom. The highest BCUT2D eigenvalue weighted by Crippen LogP contribution is 2.34. The quantitative estimate of drug-likeness (QED) is 0.473.